The molecule has 22 heavy (non-hydrogen) atoms. The van der Waals surface area contributed by atoms with Crippen molar-refractivity contribution in [2.75, 3.05) is 6.61 Å². The Labute approximate surface area is 138 Å². The Balaban J connectivity index is 1.78. The topological polar surface area (TPSA) is 50.7 Å². The van der Waals surface area contributed by atoms with Gasteiger partial charge in [0.2, 0.25) is 0 Å². The molecule has 0 saturated carbocycles. The summed E-state index contributed by atoms with van der Waals surface area (Å²) in [5, 5.41) is 6.65. The lowest BCUT2D eigenvalue weighted by atomic mass is 10.1. The third kappa shape index (κ3) is 5.00. The van der Waals surface area contributed by atoms with E-state index in [9.17, 15) is 4.79 Å². The summed E-state index contributed by atoms with van der Waals surface area (Å²) in [5.41, 5.74) is 1.94. The maximum absolute atomic E-state index is 11.8. The van der Waals surface area contributed by atoms with Crippen LogP contribution in [0.3, 0.4) is 0 Å². The SMILES string of the molecule is C[C@H](NC(=O)CO/N=C\c1ccccc1)c1ccccc1Br. The van der Waals surface area contributed by atoms with E-state index in [2.05, 4.69) is 26.4 Å². The minimum atomic E-state index is -0.214. The van der Waals surface area contributed by atoms with Crippen LogP contribution in [0.1, 0.15) is 24.1 Å². The monoisotopic (exact) mass is 360 g/mol. The summed E-state index contributed by atoms with van der Waals surface area (Å²) in [7, 11) is 0. The Morgan fingerprint density at radius 2 is 1.91 bits per heavy atom. The highest BCUT2D eigenvalue weighted by atomic mass is 79.9. The van der Waals surface area contributed by atoms with Gasteiger partial charge in [0.05, 0.1) is 12.3 Å². The van der Waals surface area contributed by atoms with E-state index in [0.29, 0.717) is 0 Å². The Hall–Kier alpha value is -2.14. The van der Waals surface area contributed by atoms with Crippen LogP contribution in [0.4, 0.5) is 0 Å². The molecule has 0 heterocycles. The van der Waals surface area contributed by atoms with Crippen molar-refractivity contribution in [3.63, 3.8) is 0 Å². The minimum absolute atomic E-state index is 0.107. The van der Waals surface area contributed by atoms with Gasteiger partial charge in [0, 0.05) is 4.47 Å². The molecule has 1 atom stereocenters. The maximum atomic E-state index is 11.8. The third-order valence-corrected chi connectivity index (χ3v) is 3.74. The first kappa shape index (κ1) is 16.2. The van der Waals surface area contributed by atoms with Gasteiger partial charge in [-0.25, -0.2) is 0 Å². The lowest BCUT2D eigenvalue weighted by Crippen LogP contribution is -2.29. The van der Waals surface area contributed by atoms with E-state index in [0.717, 1.165) is 15.6 Å². The number of rotatable bonds is 6. The van der Waals surface area contributed by atoms with E-state index in [1.165, 1.54) is 0 Å². The summed E-state index contributed by atoms with van der Waals surface area (Å²) in [6.07, 6.45) is 1.57. The summed E-state index contributed by atoms with van der Waals surface area (Å²) in [6, 6.07) is 17.2. The third-order valence-electron chi connectivity index (χ3n) is 3.02. The van der Waals surface area contributed by atoms with E-state index >= 15 is 0 Å². The van der Waals surface area contributed by atoms with Crippen LogP contribution in [0.5, 0.6) is 0 Å². The van der Waals surface area contributed by atoms with E-state index < -0.39 is 0 Å². The van der Waals surface area contributed by atoms with E-state index in [-0.39, 0.29) is 18.6 Å². The standard InChI is InChI=1S/C17H17BrN2O2/c1-13(15-9-5-6-10-16(15)18)20-17(21)12-22-19-11-14-7-3-2-4-8-14/h2-11,13H,12H2,1H3,(H,20,21)/b19-11-/t13-/m0/s1. The quantitative estimate of drug-likeness (QED) is 0.630. The van der Waals surface area contributed by atoms with Crippen molar-refractivity contribution in [1.29, 1.82) is 0 Å². The van der Waals surface area contributed by atoms with Crippen molar-refractivity contribution in [2.24, 2.45) is 5.16 Å². The second-order valence-corrected chi connectivity index (χ2v) is 5.58. The first-order valence-electron chi connectivity index (χ1n) is 6.91. The molecule has 0 aromatic heterocycles. The van der Waals surface area contributed by atoms with Crippen molar-refractivity contribution in [3.8, 4) is 0 Å². The predicted molar refractivity (Wildman–Crippen MR) is 90.7 cm³/mol. The van der Waals surface area contributed by atoms with Crippen LogP contribution >= 0.6 is 15.9 Å². The number of benzene rings is 2. The molecule has 0 aliphatic heterocycles. The zero-order valence-corrected chi connectivity index (χ0v) is 13.8. The number of carbonyl (C=O) groups excluding carboxylic acids is 1. The van der Waals surface area contributed by atoms with Gasteiger partial charge >= 0.3 is 0 Å². The number of hydrogen-bond donors (Lipinski definition) is 1. The van der Waals surface area contributed by atoms with Gasteiger partial charge < -0.3 is 10.2 Å². The Morgan fingerprint density at radius 3 is 2.64 bits per heavy atom. The number of halogens is 1. The largest absolute Gasteiger partial charge is 0.386 e. The Kier molecular flexibility index (Phi) is 6.15. The van der Waals surface area contributed by atoms with Gasteiger partial charge in [-0.2, -0.15) is 0 Å². The summed E-state index contributed by atoms with van der Waals surface area (Å²) in [5.74, 6) is -0.214. The minimum Gasteiger partial charge on any atom is -0.386 e. The molecule has 1 N–H and O–H groups in total. The molecule has 2 aromatic carbocycles. The lowest BCUT2D eigenvalue weighted by Gasteiger charge is -2.15. The second-order valence-electron chi connectivity index (χ2n) is 4.73. The van der Waals surface area contributed by atoms with E-state index in [1.807, 2.05) is 61.5 Å². The molecular weight excluding hydrogens is 344 g/mol. The van der Waals surface area contributed by atoms with Gasteiger partial charge in [-0.05, 0) is 24.1 Å². The normalized spacial score (nSPS) is 12.1. The summed E-state index contributed by atoms with van der Waals surface area (Å²) < 4.78 is 0.964. The molecule has 5 heteroatoms. The predicted octanol–water partition coefficient (Wildman–Crippen LogP) is 3.68. The zero-order chi connectivity index (χ0) is 15.8. The number of nitrogens with one attached hydrogen (secondary N) is 1. The molecule has 0 unspecified atom stereocenters. The number of oxime groups is 1. The van der Waals surface area contributed by atoms with Gasteiger partial charge in [0.1, 0.15) is 0 Å². The van der Waals surface area contributed by atoms with Crippen LogP contribution in [0, 0.1) is 0 Å². The first-order valence-corrected chi connectivity index (χ1v) is 7.70. The average molecular weight is 361 g/mol. The highest BCUT2D eigenvalue weighted by Crippen LogP contribution is 2.22. The molecule has 0 aliphatic rings. The smallest absolute Gasteiger partial charge is 0.261 e. The summed E-state index contributed by atoms with van der Waals surface area (Å²) >= 11 is 3.47. The van der Waals surface area contributed by atoms with Crippen LogP contribution in [0.2, 0.25) is 0 Å². The molecule has 4 nitrogen and oxygen atoms in total. The van der Waals surface area contributed by atoms with E-state index in [1.54, 1.807) is 6.21 Å². The molecular formula is C17H17BrN2O2. The summed E-state index contributed by atoms with van der Waals surface area (Å²) in [4.78, 5) is 16.8. The molecule has 0 aliphatic carbocycles. The van der Waals surface area contributed by atoms with Crippen LogP contribution in [-0.4, -0.2) is 18.7 Å². The molecule has 0 bridgehead atoms. The van der Waals surface area contributed by atoms with Gasteiger partial charge in [0.15, 0.2) is 6.61 Å². The zero-order valence-electron chi connectivity index (χ0n) is 12.2. The van der Waals surface area contributed by atoms with Gasteiger partial charge in [-0.1, -0.05) is 69.6 Å². The molecule has 0 radical (unpaired) electrons. The highest BCUT2D eigenvalue weighted by molar-refractivity contribution is 9.10. The molecule has 0 saturated heterocycles. The average Bonchev–Trinajstić information content (AvgIpc) is 2.53. The van der Waals surface area contributed by atoms with E-state index in [4.69, 9.17) is 4.84 Å². The van der Waals surface area contributed by atoms with Crippen LogP contribution in [-0.2, 0) is 9.63 Å². The van der Waals surface area contributed by atoms with Crippen LogP contribution in [0.25, 0.3) is 0 Å². The number of carbonyl (C=O) groups is 1. The number of amides is 1. The van der Waals surface area contributed by atoms with Crippen LogP contribution in [0.15, 0.2) is 64.2 Å². The van der Waals surface area contributed by atoms with Crippen molar-refractivity contribution in [1.82, 2.24) is 5.32 Å². The Bertz CT molecular complexity index is 644. The fourth-order valence-corrected chi connectivity index (χ4v) is 2.55. The van der Waals surface area contributed by atoms with Crippen molar-refractivity contribution >= 4 is 28.1 Å². The van der Waals surface area contributed by atoms with Crippen molar-refractivity contribution < 1.29 is 9.63 Å². The van der Waals surface area contributed by atoms with Gasteiger partial charge in [-0.15, -0.1) is 0 Å². The van der Waals surface area contributed by atoms with Gasteiger partial charge in [-0.3, -0.25) is 4.79 Å². The number of nitrogens with zero attached hydrogens (tertiary/aromatic N) is 1. The lowest BCUT2D eigenvalue weighted by molar-refractivity contribution is -0.126. The molecule has 0 spiro atoms. The van der Waals surface area contributed by atoms with Crippen LogP contribution < -0.4 is 5.32 Å². The molecule has 2 aromatic rings. The Morgan fingerprint density at radius 1 is 1.23 bits per heavy atom. The molecule has 1 amide bonds. The molecule has 114 valence electrons. The molecule has 0 fully saturated rings. The maximum Gasteiger partial charge on any atom is 0.261 e. The second kappa shape index (κ2) is 8.34. The molecule has 2 rings (SSSR count). The van der Waals surface area contributed by atoms with Crippen molar-refractivity contribution in [3.05, 3.63) is 70.2 Å². The first-order chi connectivity index (χ1) is 10.7. The fraction of sp³-hybridized carbons (Fsp3) is 0.176. The fourth-order valence-electron chi connectivity index (χ4n) is 1.92. The van der Waals surface area contributed by atoms with Crippen molar-refractivity contribution in [2.45, 2.75) is 13.0 Å². The number of hydrogen-bond acceptors (Lipinski definition) is 3. The summed E-state index contributed by atoms with van der Waals surface area (Å²) in [6.45, 7) is 1.81. The van der Waals surface area contributed by atoms with Gasteiger partial charge in [0.25, 0.3) is 5.91 Å². The highest BCUT2D eigenvalue weighted by Gasteiger charge is 2.11.